The zero-order valence-electron chi connectivity index (χ0n) is 16.6. The molecule has 6 nitrogen and oxygen atoms in total. The Kier molecular flexibility index (Phi) is 5.68. The third kappa shape index (κ3) is 4.07. The number of halogens is 5. The smallest absolute Gasteiger partial charge is 0.366 e. The fourth-order valence-corrected chi connectivity index (χ4v) is 3.78. The summed E-state index contributed by atoms with van der Waals surface area (Å²) >= 11 is 0. The first-order valence-corrected chi connectivity index (χ1v) is 9.78. The van der Waals surface area contributed by atoms with Gasteiger partial charge in [0.1, 0.15) is 23.8 Å². The summed E-state index contributed by atoms with van der Waals surface area (Å²) in [5.74, 6) is -3.14. The molecule has 32 heavy (non-hydrogen) atoms. The summed E-state index contributed by atoms with van der Waals surface area (Å²) in [5.41, 5.74) is 3.07. The summed E-state index contributed by atoms with van der Waals surface area (Å²) < 4.78 is 69.0. The molecule has 1 aliphatic rings. The lowest BCUT2D eigenvalue weighted by Crippen LogP contribution is -2.38. The molecule has 0 bridgehead atoms. The minimum atomic E-state index is -4.77. The highest BCUT2D eigenvalue weighted by Gasteiger charge is 2.32. The molecule has 0 saturated carbocycles. The van der Waals surface area contributed by atoms with Crippen molar-refractivity contribution < 1.29 is 26.7 Å². The van der Waals surface area contributed by atoms with Gasteiger partial charge >= 0.3 is 6.18 Å². The van der Waals surface area contributed by atoms with Gasteiger partial charge in [0, 0.05) is 23.7 Å². The van der Waals surface area contributed by atoms with Gasteiger partial charge in [-0.15, -0.1) is 0 Å². The first kappa shape index (κ1) is 21.9. The van der Waals surface area contributed by atoms with Crippen LogP contribution in [0.15, 0.2) is 30.6 Å². The van der Waals surface area contributed by atoms with Crippen LogP contribution in [0.3, 0.4) is 0 Å². The molecule has 11 heteroatoms. The molecule has 4 N–H and O–H groups in total. The Morgan fingerprint density at radius 1 is 1.16 bits per heavy atom. The SMILES string of the molecule is NC(=O)c1cc(-c2ccc(C(F)(F)F)cc2F)c(F)c2c(N[C@H]3CCCNC3)ncnc12. The Labute approximate surface area is 179 Å². The third-order valence-corrected chi connectivity index (χ3v) is 5.34. The van der Waals surface area contributed by atoms with E-state index in [1.165, 1.54) is 0 Å². The highest BCUT2D eigenvalue weighted by atomic mass is 19.4. The number of aromatic nitrogens is 2. The molecule has 4 rings (SSSR count). The molecule has 0 radical (unpaired) electrons. The molecule has 0 spiro atoms. The van der Waals surface area contributed by atoms with E-state index in [-0.39, 0.29) is 34.4 Å². The van der Waals surface area contributed by atoms with Crippen molar-refractivity contribution in [2.45, 2.75) is 25.1 Å². The van der Waals surface area contributed by atoms with Crippen LogP contribution in [-0.4, -0.2) is 35.0 Å². The molecular weight excluding hydrogens is 433 g/mol. The summed E-state index contributed by atoms with van der Waals surface area (Å²) in [6, 6.07) is 2.64. The molecule has 1 fully saturated rings. The first-order valence-electron chi connectivity index (χ1n) is 9.78. The molecule has 1 aromatic heterocycles. The standard InChI is InChI=1S/C21H18F5N5O/c22-15-6-10(21(24,25)26)3-4-12(15)13-7-14(19(27)32)18-16(17(13)23)20(30-9-29-18)31-11-2-1-5-28-8-11/h3-4,6-7,9,11,28H,1-2,5,8H2,(H2,27,32)(H,29,30,31)/t11-/m0/s1. The minimum absolute atomic E-state index is 0.0765. The number of fused-ring (bicyclic) bond motifs is 1. The second-order valence-electron chi connectivity index (χ2n) is 7.48. The molecule has 2 aromatic carbocycles. The number of alkyl halides is 3. The molecule has 0 aliphatic carbocycles. The molecule has 2 heterocycles. The number of anilines is 1. The third-order valence-electron chi connectivity index (χ3n) is 5.34. The highest BCUT2D eigenvalue weighted by molar-refractivity contribution is 6.09. The van der Waals surface area contributed by atoms with E-state index in [1.54, 1.807) is 0 Å². The van der Waals surface area contributed by atoms with E-state index < -0.39 is 40.4 Å². The number of rotatable bonds is 4. The minimum Gasteiger partial charge on any atom is -0.366 e. The van der Waals surface area contributed by atoms with Crippen molar-refractivity contribution in [1.29, 1.82) is 0 Å². The van der Waals surface area contributed by atoms with Crippen molar-refractivity contribution in [2.24, 2.45) is 5.73 Å². The Bertz CT molecular complexity index is 1190. The van der Waals surface area contributed by atoms with Gasteiger partial charge in [-0.2, -0.15) is 13.2 Å². The lowest BCUT2D eigenvalue weighted by molar-refractivity contribution is -0.137. The maximum atomic E-state index is 15.7. The average molecular weight is 451 g/mol. The summed E-state index contributed by atoms with van der Waals surface area (Å²) in [7, 11) is 0. The highest BCUT2D eigenvalue weighted by Crippen LogP contribution is 2.37. The lowest BCUT2D eigenvalue weighted by Gasteiger charge is -2.25. The van der Waals surface area contributed by atoms with Gasteiger partial charge in [0.05, 0.1) is 22.0 Å². The van der Waals surface area contributed by atoms with Crippen molar-refractivity contribution in [3.8, 4) is 11.1 Å². The number of amides is 1. The fourth-order valence-electron chi connectivity index (χ4n) is 3.78. The summed E-state index contributed by atoms with van der Waals surface area (Å²) in [5, 5.41) is 6.11. The van der Waals surface area contributed by atoms with Gasteiger partial charge in [-0.05, 0) is 37.6 Å². The topological polar surface area (TPSA) is 92.9 Å². The van der Waals surface area contributed by atoms with Gasteiger partial charge in [-0.1, -0.05) is 6.07 Å². The van der Waals surface area contributed by atoms with Crippen LogP contribution in [0.25, 0.3) is 22.0 Å². The number of piperidine rings is 1. The Morgan fingerprint density at radius 2 is 1.94 bits per heavy atom. The Hall–Kier alpha value is -3.34. The Morgan fingerprint density at radius 3 is 2.56 bits per heavy atom. The zero-order chi connectivity index (χ0) is 23.0. The van der Waals surface area contributed by atoms with Crippen LogP contribution < -0.4 is 16.4 Å². The van der Waals surface area contributed by atoms with E-state index in [0.717, 1.165) is 37.8 Å². The molecule has 0 unspecified atom stereocenters. The maximum Gasteiger partial charge on any atom is 0.416 e. The van der Waals surface area contributed by atoms with Crippen LogP contribution in [-0.2, 0) is 6.18 Å². The summed E-state index contributed by atoms with van der Waals surface area (Å²) in [6.45, 7) is 1.45. The molecule has 1 amide bonds. The number of carbonyl (C=O) groups excluding carboxylic acids is 1. The van der Waals surface area contributed by atoms with Gasteiger partial charge in [0.2, 0.25) is 0 Å². The van der Waals surface area contributed by atoms with Crippen molar-refractivity contribution in [3.63, 3.8) is 0 Å². The lowest BCUT2D eigenvalue weighted by atomic mass is 9.96. The van der Waals surface area contributed by atoms with E-state index in [0.29, 0.717) is 12.6 Å². The first-order chi connectivity index (χ1) is 15.2. The Balaban J connectivity index is 1.91. The van der Waals surface area contributed by atoms with E-state index in [4.69, 9.17) is 5.73 Å². The van der Waals surface area contributed by atoms with Crippen molar-refractivity contribution in [1.82, 2.24) is 15.3 Å². The number of benzene rings is 2. The quantitative estimate of drug-likeness (QED) is 0.524. The van der Waals surface area contributed by atoms with E-state index in [2.05, 4.69) is 20.6 Å². The van der Waals surface area contributed by atoms with Crippen LogP contribution in [0.4, 0.5) is 27.8 Å². The molecule has 1 saturated heterocycles. The second kappa shape index (κ2) is 8.30. The van der Waals surface area contributed by atoms with Crippen LogP contribution in [0.2, 0.25) is 0 Å². The number of hydrogen-bond donors (Lipinski definition) is 3. The molecular formula is C21H18F5N5O. The number of nitrogens with two attached hydrogens (primary N) is 1. The molecule has 3 aromatic rings. The maximum absolute atomic E-state index is 15.7. The van der Waals surface area contributed by atoms with Gasteiger partial charge in [0.15, 0.2) is 0 Å². The van der Waals surface area contributed by atoms with Gasteiger partial charge in [-0.3, -0.25) is 4.79 Å². The van der Waals surface area contributed by atoms with Gasteiger partial charge < -0.3 is 16.4 Å². The van der Waals surface area contributed by atoms with Gasteiger partial charge in [0.25, 0.3) is 5.91 Å². The predicted molar refractivity (Wildman–Crippen MR) is 108 cm³/mol. The number of nitrogens with zero attached hydrogens (tertiary/aromatic N) is 2. The van der Waals surface area contributed by atoms with Gasteiger partial charge in [-0.25, -0.2) is 18.7 Å². The molecule has 168 valence electrons. The van der Waals surface area contributed by atoms with Crippen LogP contribution in [0, 0.1) is 11.6 Å². The van der Waals surface area contributed by atoms with E-state index >= 15 is 4.39 Å². The summed E-state index contributed by atoms with van der Waals surface area (Å²) in [6.07, 6.45) is -1.95. The molecule has 1 atom stereocenters. The van der Waals surface area contributed by atoms with Crippen molar-refractivity contribution in [2.75, 3.05) is 18.4 Å². The molecule has 1 aliphatic heterocycles. The average Bonchev–Trinajstić information content (AvgIpc) is 2.74. The predicted octanol–water partition coefficient (Wildman–Crippen LogP) is 3.86. The normalized spacial score (nSPS) is 16.8. The second-order valence-corrected chi connectivity index (χ2v) is 7.48. The number of hydrogen-bond acceptors (Lipinski definition) is 5. The van der Waals surface area contributed by atoms with E-state index in [9.17, 15) is 22.4 Å². The largest absolute Gasteiger partial charge is 0.416 e. The monoisotopic (exact) mass is 451 g/mol. The van der Waals surface area contributed by atoms with Crippen molar-refractivity contribution in [3.05, 3.63) is 53.4 Å². The fraction of sp³-hybridized carbons (Fsp3) is 0.286. The van der Waals surface area contributed by atoms with Crippen LogP contribution in [0.5, 0.6) is 0 Å². The van der Waals surface area contributed by atoms with Crippen LogP contribution >= 0.6 is 0 Å². The summed E-state index contributed by atoms with van der Waals surface area (Å²) in [4.78, 5) is 20.1. The van der Waals surface area contributed by atoms with E-state index in [1.807, 2.05) is 0 Å². The number of primary amides is 1. The van der Waals surface area contributed by atoms with Crippen molar-refractivity contribution >= 4 is 22.6 Å². The number of carbonyl (C=O) groups is 1. The van der Waals surface area contributed by atoms with Crippen LogP contribution in [0.1, 0.15) is 28.8 Å². The zero-order valence-corrected chi connectivity index (χ0v) is 16.6. The number of nitrogens with one attached hydrogen (secondary N) is 2.